The molecule has 1 amide bonds. The first-order valence-electron chi connectivity index (χ1n) is 10.5. The van der Waals surface area contributed by atoms with Crippen molar-refractivity contribution in [2.45, 2.75) is 33.5 Å². The maximum absolute atomic E-state index is 12.8. The maximum atomic E-state index is 12.8. The van der Waals surface area contributed by atoms with Crippen molar-refractivity contribution in [3.63, 3.8) is 0 Å². The van der Waals surface area contributed by atoms with Crippen LogP contribution in [0.5, 0.6) is 11.5 Å². The van der Waals surface area contributed by atoms with E-state index in [1.807, 2.05) is 24.5 Å². The fraction of sp³-hybridized carbons (Fsp3) is 0.333. The third-order valence-electron chi connectivity index (χ3n) is 5.40. The maximum Gasteiger partial charge on any atom is 0.387 e. The molecular formula is C24H26F2N4O4. The molecule has 2 aromatic heterocycles. The molecule has 0 radical (unpaired) electrons. The van der Waals surface area contributed by atoms with Gasteiger partial charge in [-0.25, -0.2) is 0 Å². The van der Waals surface area contributed by atoms with Crippen LogP contribution < -0.4 is 14.8 Å². The van der Waals surface area contributed by atoms with Gasteiger partial charge in [-0.3, -0.25) is 9.69 Å². The largest absolute Gasteiger partial charge is 0.493 e. The number of nitrogens with one attached hydrogen (secondary N) is 1. The van der Waals surface area contributed by atoms with Gasteiger partial charge in [0, 0.05) is 12.2 Å². The van der Waals surface area contributed by atoms with E-state index in [4.69, 9.17) is 9.15 Å². The van der Waals surface area contributed by atoms with Crippen molar-refractivity contribution in [1.29, 1.82) is 5.26 Å². The number of amides is 1. The van der Waals surface area contributed by atoms with Gasteiger partial charge in [0.05, 0.1) is 32.0 Å². The SMILES string of the molecule is COc1ccc(CN(C)CC(=O)Nc2c(C#N)c(C)c(C)n2Cc2ccco2)cc1OC(F)F. The van der Waals surface area contributed by atoms with Crippen molar-refractivity contribution >= 4 is 11.7 Å². The van der Waals surface area contributed by atoms with Gasteiger partial charge in [-0.15, -0.1) is 0 Å². The number of carbonyl (C=O) groups excluding carboxylic acids is 1. The number of hydrogen-bond acceptors (Lipinski definition) is 6. The van der Waals surface area contributed by atoms with E-state index in [0.717, 1.165) is 11.3 Å². The first-order chi connectivity index (χ1) is 16.2. The van der Waals surface area contributed by atoms with E-state index in [1.54, 1.807) is 30.3 Å². The average molecular weight is 472 g/mol. The van der Waals surface area contributed by atoms with Crippen molar-refractivity contribution in [2.24, 2.45) is 0 Å². The summed E-state index contributed by atoms with van der Waals surface area (Å²) in [6, 6.07) is 10.5. The minimum absolute atomic E-state index is 0.00592. The zero-order valence-electron chi connectivity index (χ0n) is 19.4. The van der Waals surface area contributed by atoms with Crippen molar-refractivity contribution in [1.82, 2.24) is 9.47 Å². The Morgan fingerprint density at radius 1 is 1.29 bits per heavy atom. The molecule has 8 nitrogen and oxygen atoms in total. The molecule has 0 fully saturated rings. The van der Waals surface area contributed by atoms with E-state index in [0.29, 0.717) is 35.8 Å². The van der Waals surface area contributed by atoms with Gasteiger partial charge < -0.3 is 23.8 Å². The number of aromatic nitrogens is 1. The van der Waals surface area contributed by atoms with Gasteiger partial charge >= 0.3 is 6.61 Å². The summed E-state index contributed by atoms with van der Waals surface area (Å²) in [6.07, 6.45) is 1.57. The smallest absolute Gasteiger partial charge is 0.387 e. The molecule has 3 rings (SSSR count). The fourth-order valence-electron chi connectivity index (χ4n) is 3.68. The predicted octanol–water partition coefficient (Wildman–Crippen LogP) is 4.30. The quantitative estimate of drug-likeness (QED) is 0.473. The molecule has 0 atom stereocenters. The van der Waals surface area contributed by atoms with Gasteiger partial charge in [0.2, 0.25) is 5.91 Å². The first kappa shape index (κ1) is 24.8. The summed E-state index contributed by atoms with van der Waals surface area (Å²) in [6.45, 7) is 1.40. The zero-order valence-corrected chi connectivity index (χ0v) is 19.4. The van der Waals surface area contributed by atoms with E-state index in [2.05, 4.69) is 16.1 Å². The number of carbonyl (C=O) groups is 1. The Labute approximate surface area is 196 Å². The molecule has 0 saturated heterocycles. The number of ether oxygens (including phenoxy) is 2. The summed E-state index contributed by atoms with van der Waals surface area (Å²) in [5, 5.41) is 12.5. The van der Waals surface area contributed by atoms with Gasteiger partial charge in [0.1, 0.15) is 17.6 Å². The van der Waals surface area contributed by atoms with Crippen LogP contribution in [0.3, 0.4) is 0 Å². The highest BCUT2D eigenvalue weighted by Crippen LogP contribution is 2.30. The molecule has 0 aliphatic carbocycles. The summed E-state index contributed by atoms with van der Waals surface area (Å²) in [4.78, 5) is 14.5. The summed E-state index contributed by atoms with van der Waals surface area (Å²) >= 11 is 0. The van der Waals surface area contributed by atoms with Crippen LogP contribution in [0.2, 0.25) is 0 Å². The van der Waals surface area contributed by atoms with Gasteiger partial charge in [0.25, 0.3) is 0 Å². The van der Waals surface area contributed by atoms with E-state index < -0.39 is 6.61 Å². The highest BCUT2D eigenvalue weighted by Gasteiger charge is 2.21. The lowest BCUT2D eigenvalue weighted by Gasteiger charge is -2.18. The summed E-state index contributed by atoms with van der Waals surface area (Å²) < 4.78 is 42.2. The second kappa shape index (κ2) is 10.9. The van der Waals surface area contributed by atoms with Gasteiger partial charge in [-0.1, -0.05) is 6.07 Å². The van der Waals surface area contributed by atoms with Crippen molar-refractivity contribution < 1.29 is 27.5 Å². The highest BCUT2D eigenvalue weighted by molar-refractivity contribution is 5.93. The van der Waals surface area contributed by atoms with E-state index in [-0.39, 0.29) is 24.0 Å². The summed E-state index contributed by atoms with van der Waals surface area (Å²) in [7, 11) is 3.09. The number of halogens is 2. The summed E-state index contributed by atoms with van der Waals surface area (Å²) in [5.74, 6) is 0.889. The number of benzene rings is 1. The van der Waals surface area contributed by atoms with E-state index >= 15 is 0 Å². The van der Waals surface area contributed by atoms with E-state index in [9.17, 15) is 18.8 Å². The Hall–Kier alpha value is -3.84. The van der Waals surface area contributed by atoms with Crippen LogP contribution in [-0.2, 0) is 17.9 Å². The number of likely N-dealkylation sites (N-methyl/N-ethyl adjacent to an activating group) is 1. The number of anilines is 1. The molecule has 1 aromatic carbocycles. The molecule has 0 saturated carbocycles. The molecule has 34 heavy (non-hydrogen) atoms. The highest BCUT2D eigenvalue weighted by atomic mass is 19.3. The molecule has 1 N–H and O–H groups in total. The van der Waals surface area contributed by atoms with Gasteiger partial charge in [0.15, 0.2) is 11.5 Å². The Balaban J connectivity index is 1.72. The molecule has 0 aliphatic heterocycles. The lowest BCUT2D eigenvalue weighted by Crippen LogP contribution is -2.30. The number of rotatable bonds is 10. The molecule has 10 heteroatoms. The Morgan fingerprint density at radius 3 is 2.68 bits per heavy atom. The standard InChI is InChI=1S/C24H26F2N4O4/c1-15-16(2)30(13-18-6-5-9-33-18)23(19(15)11-27)28-22(31)14-29(3)12-17-7-8-20(32-4)21(10-17)34-24(25)26/h5-10,24H,12-14H2,1-4H3,(H,28,31). The summed E-state index contributed by atoms with van der Waals surface area (Å²) in [5.41, 5.74) is 2.69. The third kappa shape index (κ3) is 5.74. The Morgan fingerprint density at radius 2 is 2.06 bits per heavy atom. The second-order valence-electron chi connectivity index (χ2n) is 7.80. The number of nitrogens with zero attached hydrogens (tertiary/aromatic N) is 3. The number of alkyl halides is 2. The third-order valence-corrected chi connectivity index (χ3v) is 5.40. The van der Waals surface area contributed by atoms with Crippen LogP contribution in [0.1, 0.15) is 28.1 Å². The molecule has 2 heterocycles. The van der Waals surface area contributed by atoms with Crippen molar-refractivity contribution in [2.75, 3.05) is 26.0 Å². The monoisotopic (exact) mass is 472 g/mol. The molecule has 180 valence electrons. The lowest BCUT2D eigenvalue weighted by molar-refractivity contribution is -0.117. The Bertz CT molecular complexity index is 1180. The van der Waals surface area contributed by atoms with E-state index in [1.165, 1.54) is 19.2 Å². The van der Waals surface area contributed by atoms with Crippen LogP contribution in [0.15, 0.2) is 41.0 Å². The zero-order chi connectivity index (χ0) is 24.8. The molecule has 0 spiro atoms. The predicted molar refractivity (Wildman–Crippen MR) is 121 cm³/mol. The number of nitriles is 1. The second-order valence-corrected chi connectivity index (χ2v) is 7.80. The average Bonchev–Trinajstić information content (AvgIpc) is 3.36. The van der Waals surface area contributed by atoms with Crippen molar-refractivity contribution in [3.8, 4) is 17.6 Å². The molecule has 3 aromatic rings. The van der Waals surface area contributed by atoms with Crippen LogP contribution in [-0.4, -0.2) is 42.7 Å². The van der Waals surface area contributed by atoms with Crippen LogP contribution in [0, 0.1) is 25.2 Å². The number of hydrogen-bond donors (Lipinski definition) is 1. The van der Waals surface area contributed by atoms with Crippen molar-refractivity contribution in [3.05, 3.63) is 64.7 Å². The van der Waals surface area contributed by atoms with Crippen LogP contribution in [0.4, 0.5) is 14.6 Å². The normalized spacial score (nSPS) is 11.0. The molecular weight excluding hydrogens is 446 g/mol. The minimum Gasteiger partial charge on any atom is -0.493 e. The fourth-order valence-corrected chi connectivity index (χ4v) is 3.68. The van der Waals surface area contributed by atoms with Crippen LogP contribution >= 0.6 is 0 Å². The molecule has 0 aliphatic rings. The van der Waals surface area contributed by atoms with Gasteiger partial charge in [-0.05, 0) is 56.3 Å². The number of methoxy groups -OCH3 is 1. The van der Waals surface area contributed by atoms with Gasteiger partial charge in [-0.2, -0.15) is 14.0 Å². The molecule has 0 bridgehead atoms. The molecule has 0 unspecified atom stereocenters. The topological polar surface area (TPSA) is 92.7 Å². The minimum atomic E-state index is -2.98. The number of furan rings is 1. The Kier molecular flexibility index (Phi) is 7.91. The lowest BCUT2D eigenvalue weighted by atomic mass is 10.2. The van der Waals surface area contributed by atoms with Crippen LogP contribution in [0.25, 0.3) is 0 Å². The first-order valence-corrected chi connectivity index (χ1v) is 10.5.